The Morgan fingerprint density at radius 3 is 2.81 bits per heavy atom. The second kappa shape index (κ2) is 6.66. The van der Waals surface area contributed by atoms with Crippen molar-refractivity contribution in [2.24, 2.45) is 0 Å². The van der Waals surface area contributed by atoms with Crippen molar-refractivity contribution in [1.82, 2.24) is 9.88 Å². The normalized spacial score (nSPS) is 17.5. The van der Waals surface area contributed by atoms with E-state index in [1.807, 2.05) is 19.1 Å². The molecule has 2 aromatic rings. The first-order valence-corrected chi connectivity index (χ1v) is 8.98. The predicted molar refractivity (Wildman–Crippen MR) is 98.1 cm³/mol. The van der Waals surface area contributed by atoms with Gasteiger partial charge in [0.15, 0.2) is 11.5 Å². The van der Waals surface area contributed by atoms with Crippen LogP contribution in [0.4, 0.5) is 4.79 Å². The number of ether oxygens (including phenoxy) is 2. The summed E-state index contributed by atoms with van der Waals surface area (Å²) < 4.78 is 10.6. The molecule has 0 aliphatic carbocycles. The molecule has 8 heteroatoms. The van der Waals surface area contributed by atoms with Gasteiger partial charge in [0, 0.05) is 16.8 Å². The lowest BCUT2D eigenvalue weighted by atomic mass is 10.2. The van der Waals surface area contributed by atoms with Gasteiger partial charge in [-0.2, -0.15) is 0 Å². The highest BCUT2D eigenvalue weighted by Gasteiger charge is 2.35. The van der Waals surface area contributed by atoms with Crippen molar-refractivity contribution < 1.29 is 19.1 Å². The SMILES string of the molecule is Cc1cccc(/C=C2/SC(=O)N(Cc3cc4c(cc3Cl)OCO4)C2=O)n1. The van der Waals surface area contributed by atoms with E-state index in [-0.39, 0.29) is 24.5 Å². The molecule has 4 rings (SSSR count). The zero-order chi connectivity index (χ0) is 18.3. The number of rotatable bonds is 3. The molecular formula is C18H13ClN2O4S. The van der Waals surface area contributed by atoms with Gasteiger partial charge >= 0.3 is 0 Å². The number of hydrogen-bond acceptors (Lipinski definition) is 6. The number of nitrogens with zero attached hydrogens (tertiary/aromatic N) is 2. The van der Waals surface area contributed by atoms with E-state index in [9.17, 15) is 9.59 Å². The van der Waals surface area contributed by atoms with Crippen molar-refractivity contribution in [2.45, 2.75) is 13.5 Å². The van der Waals surface area contributed by atoms with Crippen LogP contribution in [0, 0.1) is 6.92 Å². The minimum atomic E-state index is -0.364. The second-order valence-electron chi connectivity index (χ2n) is 5.77. The Morgan fingerprint density at radius 1 is 1.27 bits per heavy atom. The van der Waals surface area contributed by atoms with Crippen LogP contribution in [0.1, 0.15) is 17.0 Å². The molecule has 2 amide bonds. The second-order valence-corrected chi connectivity index (χ2v) is 7.17. The van der Waals surface area contributed by atoms with Crippen molar-refractivity contribution in [3.63, 3.8) is 0 Å². The zero-order valence-corrected chi connectivity index (χ0v) is 15.3. The smallest absolute Gasteiger partial charge is 0.293 e. The van der Waals surface area contributed by atoms with E-state index in [0.29, 0.717) is 32.7 Å². The molecule has 6 nitrogen and oxygen atoms in total. The Labute approximate surface area is 158 Å². The minimum absolute atomic E-state index is 0.0682. The maximum Gasteiger partial charge on any atom is 0.293 e. The van der Waals surface area contributed by atoms with Gasteiger partial charge in [0.2, 0.25) is 6.79 Å². The standard InChI is InChI=1S/C18H13ClN2O4S/c1-10-3-2-4-12(20-10)6-16-17(22)21(18(23)26-16)8-11-5-14-15(7-13(11)19)25-9-24-14/h2-7H,8-9H2,1H3/b16-6+. The Balaban J connectivity index is 1.59. The van der Waals surface area contributed by atoms with Crippen LogP contribution in [-0.4, -0.2) is 27.8 Å². The lowest BCUT2D eigenvalue weighted by Gasteiger charge is -2.14. The Bertz CT molecular complexity index is 960. The molecule has 2 aliphatic heterocycles. The summed E-state index contributed by atoms with van der Waals surface area (Å²) in [5, 5.41) is 0.0697. The molecule has 1 fully saturated rings. The van der Waals surface area contributed by atoms with Crippen LogP contribution >= 0.6 is 23.4 Å². The third kappa shape index (κ3) is 3.15. The van der Waals surface area contributed by atoms with Crippen molar-refractivity contribution in [3.05, 3.63) is 57.2 Å². The molecule has 26 heavy (non-hydrogen) atoms. The molecule has 3 heterocycles. The molecule has 0 spiro atoms. The number of hydrogen-bond donors (Lipinski definition) is 0. The van der Waals surface area contributed by atoms with Crippen molar-refractivity contribution in [2.75, 3.05) is 6.79 Å². The summed E-state index contributed by atoms with van der Waals surface area (Å²) in [7, 11) is 0. The molecular weight excluding hydrogens is 376 g/mol. The molecule has 0 unspecified atom stereocenters. The number of aryl methyl sites for hydroxylation is 1. The zero-order valence-electron chi connectivity index (χ0n) is 13.7. The maximum atomic E-state index is 12.6. The summed E-state index contributed by atoms with van der Waals surface area (Å²) in [5.74, 6) is 0.742. The lowest BCUT2D eigenvalue weighted by Crippen LogP contribution is -2.27. The molecule has 1 aromatic heterocycles. The van der Waals surface area contributed by atoms with E-state index >= 15 is 0 Å². The first-order valence-electron chi connectivity index (χ1n) is 7.78. The summed E-state index contributed by atoms with van der Waals surface area (Å²) in [6.07, 6.45) is 1.62. The largest absolute Gasteiger partial charge is 0.454 e. The van der Waals surface area contributed by atoms with Gasteiger partial charge in [-0.05, 0) is 48.5 Å². The molecule has 0 atom stereocenters. The first kappa shape index (κ1) is 16.9. The molecule has 0 radical (unpaired) electrons. The molecule has 1 saturated heterocycles. The van der Waals surface area contributed by atoms with Crippen LogP contribution in [-0.2, 0) is 11.3 Å². The number of amides is 2. The lowest BCUT2D eigenvalue weighted by molar-refractivity contribution is -0.123. The summed E-state index contributed by atoms with van der Waals surface area (Å²) in [6.45, 7) is 2.06. The first-order chi connectivity index (χ1) is 12.5. The van der Waals surface area contributed by atoms with Crippen molar-refractivity contribution in [3.8, 4) is 11.5 Å². The van der Waals surface area contributed by atoms with Crippen LogP contribution in [0.25, 0.3) is 6.08 Å². The number of fused-ring (bicyclic) bond motifs is 1. The summed E-state index contributed by atoms with van der Waals surface area (Å²) in [4.78, 5) is 30.8. The fraction of sp³-hybridized carbons (Fsp3) is 0.167. The van der Waals surface area contributed by atoms with Crippen LogP contribution < -0.4 is 9.47 Å². The van der Waals surface area contributed by atoms with Gasteiger partial charge in [0.25, 0.3) is 11.1 Å². The van der Waals surface area contributed by atoms with Gasteiger partial charge in [-0.3, -0.25) is 19.5 Å². The van der Waals surface area contributed by atoms with E-state index in [1.165, 1.54) is 0 Å². The van der Waals surface area contributed by atoms with E-state index in [2.05, 4.69) is 4.98 Å². The molecule has 0 bridgehead atoms. The Hall–Kier alpha value is -2.51. The van der Waals surface area contributed by atoms with Crippen LogP contribution in [0.15, 0.2) is 35.2 Å². The van der Waals surface area contributed by atoms with E-state index in [4.69, 9.17) is 21.1 Å². The van der Waals surface area contributed by atoms with Crippen LogP contribution in [0.3, 0.4) is 0 Å². The number of aromatic nitrogens is 1. The van der Waals surface area contributed by atoms with Gasteiger partial charge in [-0.15, -0.1) is 0 Å². The average Bonchev–Trinajstić information content (AvgIpc) is 3.14. The van der Waals surface area contributed by atoms with Gasteiger partial charge in [-0.25, -0.2) is 0 Å². The number of halogens is 1. The van der Waals surface area contributed by atoms with Gasteiger partial charge in [0.05, 0.1) is 17.1 Å². The Morgan fingerprint density at radius 2 is 2.04 bits per heavy atom. The number of pyridine rings is 1. The maximum absolute atomic E-state index is 12.6. The third-order valence-corrected chi connectivity index (χ3v) is 5.19. The quantitative estimate of drug-likeness (QED) is 0.740. The highest BCUT2D eigenvalue weighted by Crippen LogP contribution is 2.39. The van der Waals surface area contributed by atoms with Gasteiger partial charge in [0.1, 0.15) is 0 Å². The fourth-order valence-electron chi connectivity index (χ4n) is 2.67. The predicted octanol–water partition coefficient (Wildman–Crippen LogP) is 4.01. The molecule has 0 N–H and O–H groups in total. The molecule has 132 valence electrons. The number of imide groups is 1. The molecule has 1 aromatic carbocycles. The van der Waals surface area contributed by atoms with Crippen LogP contribution in [0.2, 0.25) is 5.02 Å². The minimum Gasteiger partial charge on any atom is -0.454 e. The summed E-state index contributed by atoms with van der Waals surface area (Å²) in [5.41, 5.74) is 2.09. The topological polar surface area (TPSA) is 68.7 Å². The highest BCUT2D eigenvalue weighted by molar-refractivity contribution is 8.18. The van der Waals surface area contributed by atoms with Crippen molar-refractivity contribution >= 4 is 40.6 Å². The molecule has 2 aliphatic rings. The van der Waals surface area contributed by atoms with E-state index < -0.39 is 0 Å². The number of thioether (sulfide) groups is 1. The van der Waals surface area contributed by atoms with E-state index in [0.717, 1.165) is 22.4 Å². The molecule has 0 saturated carbocycles. The number of carbonyl (C=O) groups excluding carboxylic acids is 2. The third-order valence-electron chi connectivity index (χ3n) is 3.93. The van der Waals surface area contributed by atoms with Crippen molar-refractivity contribution in [1.29, 1.82) is 0 Å². The summed E-state index contributed by atoms with van der Waals surface area (Å²) >= 11 is 7.14. The summed E-state index contributed by atoms with van der Waals surface area (Å²) in [6, 6.07) is 8.83. The van der Waals surface area contributed by atoms with Gasteiger partial charge < -0.3 is 9.47 Å². The highest BCUT2D eigenvalue weighted by atomic mass is 35.5. The number of carbonyl (C=O) groups is 2. The van der Waals surface area contributed by atoms with Crippen LogP contribution in [0.5, 0.6) is 11.5 Å². The average molecular weight is 389 g/mol. The van der Waals surface area contributed by atoms with E-state index in [1.54, 1.807) is 24.3 Å². The monoisotopic (exact) mass is 388 g/mol. The Kier molecular flexibility index (Phi) is 4.34. The van der Waals surface area contributed by atoms with Gasteiger partial charge in [-0.1, -0.05) is 17.7 Å². The number of benzene rings is 1. The fourth-order valence-corrected chi connectivity index (χ4v) is 3.70.